The maximum absolute atomic E-state index is 11.9. The molecule has 0 unspecified atom stereocenters. The number of nitrogens with one attached hydrogen (secondary N) is 3. The van der Waals surface area contributed by atoms with Crippen LogP contribution >= 0.6 is 23.2 Å². The van der Waals surface area contributed by atoms with Gasteiger partial charge in [-0.1, -0.05) is 23.2 Å². The van der Waals surface area contributed by atoms with Gasteiger partial charge in [-0.2, -0.15) is 0 Å². The minimum Gasteiger partial charge on any atom is -0.482 e. The lowest BCUT2D eigenvalue weighted by molar-refractivity contribution is -0.123. The number of carbonyl (C=O) groups excluding carboxylic acids is 1. The maximum atomic E-state index is 11.9. The normalized spacial score (nSPS) is 10.4. The van der Waals surface area contributed by atoms with Gasteiger partial charge in [-0.15, -0.1) is 10.2 Å². The Morgan fingerprint density at radius 1 is 1.00 bits per heavy atom. The summed E-state index contributed by atoms with van der Waals surface area (Å²) in [6.45, 7) is 2.72. The van der Waals surface area contributed by atoms with Crippen LogP contribution in [0.3, 0.4) is 0 Å². The number of hydrogen-bond acceptors (Lipinski definition) is 7. The quantitative estimate of drug-likeness (QED) is 0.429. The molecular formula is C20H20Cl2N6O2. The van der Waals surface area contributed by atoms with E-state index in [0.717, 1.165) is 5.56 Å². The third-order valence-electron chi connectivity index (χ3n) is 3.84. The number of halogens is 2. The molecule has 0 fully saturated rings. The fourth-order valence-electron chi connectivity index (χ4n) is 2.41. The van der Waals surface area contributed by atoms with Crippen LogP contribution < -0.4 is 20.7 Å². The number of nitrogens with zero attached hydrogens (tertiary/aromatic N) is 3. The van der Waals surface area contributed by atoms with E-state index in [-0.39, 0.29) is 12.5 Å². The number of benzene rings is 1. The smallest absolute Gasteiger partial charge is 0.258 e. The first kappa shape index (κ1) is 21.6. The number of aromatic nitrogens is 3. The van der Waals surface area contributed by atoms with Crippen molar-refractivity contribution in [1.29, 1.82) is 0 Å². The average Bonchev–Trinajstić information content (AvgIpc) is 2.72. The number of anilines is 3. The Bertz CT molecular complexity index is 1000. The molecule has 0 aliphatic heterocycles. The molecule has 0 atom stereocenters. The number of pyridine rings is 1. The lowest BCUT2D eigenvalue weighted by atomic mass is 10.3. The van der Waals surface area contributed by atoms with Gasteiger partial charge in [0.15, 0.2) is 12.4 Å². The second kappa shape index (κ2) is 10.6. The van der Waals surface area contributed by atoms with Crippen LogP contribution in [0.2, 0.25) is 10.0 Å². The molecule has 2 aromatic heterocycles. The lowest BCUT2D eigenvalue weighted by Crippen LogP contribution is -2.32. The van der Waals surface area contributed by atoms with E-state index < -0.39 is 0 Å². The van der Waals surface area contributed by atoms with Crippen molar-refractivity contribution in [3.63, 3.8) is 0 Å². The van der Waals surface area contributed by atoms with Crippen LogP contribution in [0.15, 0.2) is 48.7 Å². The highest BCUT2D eigenvalue weighted by Crippen LogP contribution is 2.27. The molecule has 0 saturated heterocycles. The molecule has 3 rings (SSSR count). The van der Waals surface area contributed by atoms with Gasteiger partial charge >= 0.3 is 0 Å². The van der Waals surface area contributed by atoms with Crippen LogP contribution in [-0.4, -0.2) is 40.8 Å². The van der Waals surface area contributed by atoms with Crippen LogP contribution in [0.1, 0.15) is 5.56 Å². The van der Waals surface area contributed by atoms with Gasteiger partial charge in [0.1, 0.15) is 17.4 Å². The number of rotatable bonds is 9. The predicted molar refractivity (Wildman–Crippen MR) is 118 cm³/mol. The highest BCUT2D eigenvalue weighted by molar-refractivity contribution is 6.35. The zero-order valence-electron chi connectivity index (χ0n) is 16.2. The third kappa shape index (κ3) is 6.75. The monoisotopic (exact) mass is 446 g/mol. The lowest BCUT2D eigenvalue weighted by Gasteiger charge is -2.10. The largest absolute Gasteiger partial charge is 0.482 e. The zero-order chi connectivity index (χ0) is 21.3. The molecule has 0 radical (unpaired) electrons. The molecule has 30 heavy (non-hydrogen) atoms. The van der Waals surface area contributed by atoms with Gasteiger partial charge < -0.3 is 20.7 Å². The SMILES string of the molecule is Cc1ccnc(Nc2ccc(NCCNC(=O)COc3ccc(Cl)cc3Cl)nn2)c1. The highest BCUT2D eigenvalue weighted by atomic mass is 35.5. The number of ether oxygens (including phenoxy) is 1. The minimum absolute atomic E-state index is 0.144. The molecule has 3 aromatic rings. The Morgan fingerprint density at radius 2 is 1.80 bits per heavy atom. The van der Waals surface area contributed by atoms with Crippen LogP contribution in [0, 0.1) is 6.92 Å². The van der Waals surface area contributed by atoms with Gasteiger partial charge in [0.25, 0.3) is 5.91 Å². The molecule has 156 valence electrons. The first-order valence-corrected chi connectivity index (χ1v) is 9.87. The molecule has 3 N–H and O–H groups in total. The molecule has 2 heterocycles. The minimum atomic E-state index is -0.265. The van der Waals surface area contributed by atoms with Crippen molar-refractivity contribution in [3.05, 3.63) is 64.3 Å². The summed E-state index contributed by atoms with van der Waals surface area (Å²) in [5.74, 6) is 2.02. The molecule has 0 saturated carbocycles. The van der Waals surface area contributed by atoms with Crippen LogP contribution in [-0.2, 0) is 4.79 Å². The van der Waals surface area contributed by atoms with Crippen molar-refractivity contribution >= 4 is 46.6 Å². The van der Waals surface area contributed by atoms with Gasteiger partial charge in [-0.05, 0) is 55.0 Å². The van der Waals surface area contributed by atoms with E-state index in [0.29, 0.717) is 46.3 Å². The molecule has 10 heteroatoms. The molecule has 1 amide bonds. The first-order chi connectivity index (χ1) is 14.5. The van der Waals surface area contributed by atoms with Gasteiger partial charge in [-0.25, -0.2) is 4.98 Å². The van der Waals surface area contributed by atoms with Crippen molar-refractivity contribution in [2.24, 2.45) is 0 Å². The second-order valence-electron chi connectivity index (χ2n) is 6.29. The van der Waals surface area contributed by atoms with Crippen LogP contribution in [0.5, 0.6) is 5.75 Å². The van der Waals surface area contributed by atoms with Gasteiger partial charge in [0, 0.05) is 24.3 Å². The summed E-state index contributed by atoms with van der Waals surface area (Å²) >= 11 is 11.8. The summed E-state index contributed by atoms with van der Waals surface area (Å²) in [5.41, 5.74) is 1.10. The standard InChI is InChI=1S/C20H20Cl2N6O2/c1-13-6-7-23-19(10-13)26-18-5-4-17(27-28-18)24-8-9-25-20(29)12-30-16-3-2-14(21)11-15(16)22/h2-7,10-11H,8-9,12H2,1H3,(H,24,27)(H,25,29)(H,23,26,28). The maximum Gasteiger partial charge on any atom is 0.258 e. The van der Waals surface area contributed by atoms with E-state index >= 15 is 0 Å². The van der Waals surface area contributed by atoms with Crippen molar-refractivity contribution in [1.82, 2.24) is 20.5 Å². The molecule has 0 spiro atoms. The Morgan fingerprint density at radius 3 is 2.53 bits per heavy atom. The van der Waals surface area contributed by atoms with Crippen LogP contribution in [0.4, 0.5) is 17.5 Å². The Balaban J connectivity index is 1.36. The molecule has 0 bridgehead atoms. The van der Waals surface area contributed by atoms with Crippen molar-refractivity contribution < 1.29 is 9.53 Å². The molecule has 0 aliphatic rings. The van der Waals surface area contributed by atoms with Crippen molar-refractivity contribution in [2.75, 3.05) is 30.3 Å². The fraction of sp³-hybridized carbons (Fsp3) is 0.200. The Hall–Kier alpha value is -3.10. The topological polar surface area (TPSA) is 101 Å². The number of carbonyl (C=O) groups is 1. The summed E-state index contributed by atoms with van der Waals surface area (Å²) in [4.78, 5) is 16.1. The van der Waals surface area contributed by atoms with E-state index in [9.17, 15) is 4.79 Å². The van der Waals surface area contributed by atoms with Gasteiger partial charge in [0.05, 0.1) is 5.02 Å². The number of aryl methyl sites for hydroxylation is 1. The van der Waals surface area contributed by atoms with E-state index in [1.54, 1.807) is 36.5 Å². The highest BCUT2D eigenvalue weighted by Gasteiger charge is 2.06. The Kier molecular flexibility index (Phi) is 7.64. The van der Waals surface area contributed by atoms with Crippen molar-refractivity contribution in [2.45, 2.75) is 6.92 Å². The number of amides is 1. The predicted octanol–water partition coefficient (Wildman–Crippen LogP) is 3.84. The first-order valence-electron chi connectivity index (χ1n) is 9.11. The fourth-order valence-corrected chi connectivity index (χ4v) is 2.87. The average molecular weight is 447 g/mol. The second-order valence-corrected chi connectivity index (χ2v) is 7.13. The Labute approximate surface area is 184 Å². The summed E-state index contributed by atoms with van der Waals surface area (Å²) < 4.78 is 5.38. The van der Waals surface area contributed by atoms with Gasteiger partial charge in [0.2, 0.25) is 0 Å². The number of hydrogen-bond donors (Lipinski definition) is 3. The van der Waals surface area contributed by atoms with E-state index in [1.165, 1.54) is 0 Å². The molecular weight excluding hydrogens is 427 g/mol. The van der Waals surface area contributed by atoms with Crippen LogP contribution in [0.25, 0.3) is 0 Å². The van der Waals surface area contributed by atoms with E-state index in [2.05, 4.69) is 31.1 Å². The third-order valence-corrected chi connectivity index (χ3v) is 4.37. The summed E-state index contributed by atoms with van der Waals surface area (Å²) in [7, 11) is 0. The molecule has 8 nitrogen and oxygen atoms in total. The molecule has 1 aromatic carbocycles. The zero-order valence-corrected chi connectivity index (χ0v) is 17.7. The van der Waals surface area contributed by atoms with E-state index in [4.69, 9.17) is 27.9 Å². The molecule has 0 aliphatic carbocycles. The summed E-state index contributed by atoms with van der Waals surface area (Å²) in [6.07, 6.45) is 1.73. The van der Waals surface area contributed by atoms with E-state index in [1.807, 2.05) is 19.1 Å². The summed E-state index contributed by atoms with van der Waals surface area (Å²) in [5, 5.41) is 18.0. The summed E-state index contributed by atoms with van der Waals surface area (Å²) in [6, 6.07) is 12.2. The van der Waals surface area contributed by atoms with Gasteiger partial charge in [-0.3, -0.25) is 4.79 Å². The van der Waals surface area contributed by atoms with Crippen molar-refractivity contribution in [3.8, 4) is 5.75 Å².